The van der Waals surface area contributed by atoms with Crippen LogP contribution in [0.2, 0.25) is 0 Å². The molecule has 2 heterocycles. The zero-order valence-corrected chi connectivity index (χ0v) is 16.5. The Morgan fingerprint density at radius 3 is 2.68 bits per heavy atom. The molecule has 0 atom stereocenters. The monoisotopic (exact) mass is 394 g/mol. The molecule has 7 heteroatoms. The normalized spacial score (nSPS) is 14.9. The van der Waals surface area contributed by atoms with E-state index >= 15 is 0 Å². The Hall–Kier alpha value is -2.64. The first-order valence-corrected chi connectivity index (χ1v) is 10.5. The van der Waals surface area contributed by atoms with Gasteiger partial charge in [-0.15, -0.1) is 0 Å². The molecule has 2 aromatic carbocycles. The second kappa shape index (κ2) is 8.16. The molecule has 4 rings (SSSR count). The van der Waals surface area contributed by atoms with E-state index in [1.54, 1.807) is 24.3 Å². The number of rotatable bonds is 4. The number of aromatic amines is 1. The molecular weight excluding hydrogens is 372 g/mol. The molecule has 0 radical (unpaired) electrons. The van der Waals surface area contributed by atoms with Crippen LogP contribution >= 0.6 is 11.8 Å². The highest BCUT2D eigenvalue weighted by Crippen LogP contribution is 2.21. The summed E-state index contributed by atoms with van der Waals surface area (Å²) in [5.74, 6) is 2.04. The van der Waals surface area contributed by atoms with E-state index in [-0.39, 0.29) is 17.2 Å². The lowest BCUT2D eigenvalue weighted by molar-refractivity contribution is 0.102. The second-order valence-electron chi connectivity index (χ2n) is 6.94. The van der Waals surface area contributed by atoms with Crippen molar-refractivity contribution < 1.29 is 4.79 Å². The van der Waals surface area contributed by atoms with Crippen LogP contribution in [0.1, 0.15) is 21.6 Å². The topological polar surface area (TPSA) is 78.1 Å². The Morgan fingerprint density at radius 2 is 1.93 bits per heavy atom. The molecule has 1 aromatic heterocycles. The largest absolute Gasteiger partial charge is 0.320 e. The maximum Gasteiger partial charge on any atom is 0.276 e. The van der Waals surface area contributed by atoms with Crippen molar-refractivity contribution in [3.8, 4) is 0 Å². The third-order valence-electron chi connectivity index (χ3n) is 4.96. The van der Waals surface area contributed by atoms with E-state index in [1.807, 2.05) is 24.8 Å². The lowest BCUT2D eigenvalue weighted by Gasteiger charge is -2.26. The summed E-state index contributed by atoms with van der Waals surface area (Å²) in [6.45, 7) is 5.16. The molecule has 0 spiro atoms. The molecule has 144 valence electrons. The minimum atomic E-state index is -0.337. The first kappa shape index (κ1) is 18.7. The van der Waals surface area contributed by atoms with Crippen molar-refractivity contribution >= 4 is 34.1 Å². The Bertz CT molecular complexity index is 1070. The van der Waals surface area contributed by atoms with Crippen molar-refractivity contribution in [1.29, 1.82) is 0 Å². The Balaban J connectivity index is 1.53. The van der Waals surface area contributed by atoms with Crippen molar-refractivity contribution in [2.45, 2.75) is 13.5 Å². The molecule has 1 saturated heterocycles. The maximum atomic E-state index is 12.8. The van der Waals surface area contributed by atoms with E-state index in [4.69, 9.17) is 0 Å². The molecule has 3 aromatic rings. The number of carbonyl (C=O) groups is 1. The number of hydrogen-bond acceptors (Lipinski definition) is 5. The van der Waals surface area contributed by atoms with Crippen LogP contribution in [0.25, 0.3) is 10.8 Å². The lowest BCUT2D eigenvalue weighted by Crippen LogP contribution is -2.31. The molecule has 1 aliphatic heterocycles. The van der Waals surface area contributed by atoms with Crippen molar-refractivity contribution in [2.24, 2.45) is 0 Å². The van der Waals surface area contributed by atoms with Crippen molar-refractivity contribution in [3.63, 3.8) is 0 Å². The van der Waals surface area contributed by atoms with Gasteiger partial charge >= 0.3 is 0 Å². The van der Waals surface area contributed by atoms with Crippen LogP contribution in [-0.2, 0) is 6.54 Å². The van der Waals surface area contributed by atoms with Crippen LogP contribution in [-0.4, -0.2) is 45.6 Å². The number of amides is 1. The van der Waals surface area contributed by atoms with Gasteiger partial charge in [-0.05, 0) is 30.2 Å². The fourth-order valence-corrected chi connectivity index (χ4v) is 4.43. The smallest absolute Gasteiger partial charge is 0.276 e. The number of aryl methyl sites for hydroxylation is 1. The number of nitrogens with one attached hydrogen (secondary N) is 2. The molecule has 1 fully saturated rings. The van der Waals surface area contributed by atoms with Gasteiger partial charge in [0.1, 0.15) is 0 Å². The number of fused-ring (bicyclic) bond motifs is 1. The van der Waals surface area contributed by atoms with Gasteiger partial charge in [-0.2, -0.15) is 16.9 Å². The number of thioether (sulfide) groups is 1. The standard InChI is InChI=1S/C21H22N4O2S/c1-14-12-15(13-25-8-10-28-11-9-25)6-7-18(14)22-21(27)19-16-4-2-3-5-17(16)20(26)24-23-19/h2-7,12H,8-11,13H2,1H3,(H,22,27)(H,24,26). The van der Waals surface area contributed by atoms with Crippen LogP contribution in [0.15, 0.2) is 47.3 Å². The average Bonchev–Trinajstić information content (AvgIpc) is 2.71. The second-order valence-corrected chi connectivity index (χ2v) is 8.16. The van der Waals surface area contributed by atoms with Gasteiger partial charge in [0.15, 0.2) is 5.69 Å². The molecule has 6 nitrogen and oxygen atoms in total. The molecule has 1 aliphatic rings. The van der Waals surface area contributed by atoms with Gasteiger partial charge in [-0.1, -0.05) is 30.3 Å². The quantitative estimate of drug-likeness (QED) is 0.711. The average molecular weight is 395 g/mol. The summed E-state index contributed by atoms with van der Waals surface area (Å²) in [7, 11) is 0. The SMILES string of the molecule is Cc1cc(CN2CCSCC2)ccc1NC(=O)c1n[nH]c(=O)c2ccccc12. The molecule has 0 unspecified atom stereocenters. The number of carbonyl (C=O) groups excluding carboxylic acids is 1. The van der Waals surface area contributed by atoms with Crippen LogP contribution in [0.5, 0.6) is 0 Å². The molecular formula is C21H22N4O2S. The van der Waals surface area contributed by atoms with Crippen molar-refractivity contribution in [2.75, 3.05) is 29.9 Å². The first-order valence-electron chi connectivity index (χ1n) is 9.30. The Labute approximate surface area is 167 Å². The van der Waals surface area contributed by atoms with E-state index in [0.29, 0.717) is 10.8 Å². The predicted molar refractivity (Wildman–Crippen MR) is 114 cm³/mol. The third kappa shape index (κ3) is 3.95. The number of nitrogens with zero attached hydrogens (tertiary/aromatic N) is 2. The Kier molecular flexibility index (Phi) is 5.45. The lowest BCUT2D eigenvalue weighted by atomic mass is 10.1. The van der Waals surface area contributed by atoms with Crippen molar-refractivity contribution in [1.82, 2.24) is 15.1 Å². The molecule has 0 bridgehead atoms. The zero-order chi connectivity index (χ0) is 19.5. The Morgan fingerprint density at radius 1 is 1.18 bits per heavy atom. The summed E-state index contributed by atoms with van der Waals surface area (Å²) in [6, 6.07) is 13.1. The minimum absolute atomic E-state index is 0.212. The van der Waals surface area contributed by atoms with Crippen molar-refractivity contribution in [3.05, 3.63) is 69.6 Å². The highest BCUT2D eigenvalue weighted by atomic mass is 32.2. The van der Waals surface area contributed by atoms with Crippen LogP contribution in [0.4, 0.5) is 5.69 Å². The highest BCUT2D eigenvalue weighted by Gasteiger charge is 2.16. The van der Waals surface area contributed by atoms with E-state index < -0.39 is 0 Å². The maximum absolute atomic E-state index is 12.8. The molecule has 28 heavy (non-hydrogen) atoms. The summed E-state index contributed by atoms with van der Waals surface area (Å²) in [6.07, 6.45) is 0. The van der Waals surface area contributed by atoms with Gasteiger partial charge < -0.3 is 5.32 Å². The number of H-pyrrole nitrogens is 1. The van der Waals surface area contributed by atoms with Gasteiger partial charge in [0.25, 0.3) is 11.5 Å². The first-order chi connectivity index (χ1) is 13.6. The van der Waals surface area contributed by atoms with Gasteiger partial charge in [0, 0.05) is 42.2 Å². The van der Waals surface area contributed by atoms with Gasteiger partial charge in [0.05, 0.1) is 5.39 Å². The summed E-state index contributed by atoms with van der Waals surface area (Å²) in [5, 5.41) is 10.3. The van der Waals surface area contributed by atoms with E-state index in [1.165, 1.54) is 17.1 Å². The van der Waals surface area contributed by atoms with Gasteiger partial charge in [-0.3, -0.25) is 14.5 Å². The summed E-state index contributed by atoms with van der Waals surface area (Å²) in [4.78, 5) is 27.2. The van der Waals surface area contributed by atoms with E-state index in [2.05, 4.69) is 32.5 Å². The number of aromatic nitrogens is 2. The van der Waals surface area contributed by atoms with Crippen LogP contribution in [0.3, 0.4) is 0 Å². The molecule has 0 saturated carbocycles. The number of hydrogen-bond donors (Lipinski definition) is 2. The predicted octanol–water partition coefficient (Wildman–Crippen LogP) is 3.03. The summed E-state index contributed by atoms with van der Waals surface area (Å²) in [5.41, 5.74) is 2.91. The van der Waals surface area contributed by atoms with Crippen LogP contribution < -0.4 is 10.9 Å². The fourth-order valence-electron chi connectivity index (χ4n) is 3.45. The number of anilines is 1. The van der Waals surface area contributed by atoms with Crippen LogP contribution in [0, 0.1) is 6.92 Å². The number of benzene rings is 2. The van der Waals surface area contributed by atoms with Gasteiger partial charge in [0.2, 0.25) is 0 Å². The van der Waals surface area contributed by atoms with E-state index in [9.17, 15) is 9.59 Å². The molecule has 0 aliphatic carbocycles. The highest BCUT2D eigenvalue weighted by molar-refractivity contribution is 7.99. The summed E-state index contributed by atoms with van der Waals surface area (Å²) >= 11 is 2.00. The zero-order valence-electron chi connectivity index (χ0n) is 15.7. The minimum Gasteiger partial charge on any atom is -0.320 e. The van der Waals surface area contributed by atoms with Gasteiger partial charge in [-0.25, -0.2) is 5.10 Å². The molecule has 1 amide bonds. The van der Waals surface area contributed by atoms with E-state index in [0.717, 1.165) is 30.9 Å². The molecule has 2 N–H and O–H groups in total. The summed E-state index contributed by atoms with van der Waals surface area (Å²) < 4.78 is 0. The fraction of sp³-hybridized carbons (Fsp3) is 0.286. The third-order valence-corrected chi connectivity index (χ3v) is 5.90.